The quantitative estimate of drug-likeness (QED) is 0.632. The van der Waals surface area contributed by atoms with Gasteiger partial charge in [0.1, 0.15) is 5.75 Å². The number of nitrogens with one attached hydrogen (secondary N) is 1. The molecule has 0 aliphatic heterocycles. The predicted octanol–water partition coefficient (Wildman–Crippen LogP) is 3.09. The lowest BCUT2D eigenvalue weighted by Gasteiger charge is -2.08. The monoisotopic (exact) mass is 262 g/mol. The van der Waals surface area contributed by atoms with Gasteiger partial charge in [0, 0.05) is 5.71 Å². The van der Waals surface area contributed by atoms with Crippen molar-refractivity contribution in [1.29, 1.82) is 0 Å². The summed E-state index contributed by atoms with van der Waals surface area (Å²) >= 11 is 0. The van der Waals surface area contributed by atoms with E-state index in [4.69, 9.17) is 4.74 Å². The number of carbonyl (C=O) groups excluding carboxylic acids is 1. The number of amides is 1. The topological polar surface area (TPSA) is 50.7 Å². The van der Waals surface area contributed by atoms with Crippen LogP contribution in [-0.4, -0.2) is 18.2 Å². The molecule has 1 rings (SSSR count). The van der Waals surface area contributed by atoms with Gasteiger partial charge in [0.05, 0.1) is 0 Å². The van der Waals surface area contributed by atoms with Gasteiger partial charge in [0.15, 0.2) is 6.61 Å². The molecule has 0 aromatic heterocycles. The van der Waals surface area contributed by atoms with E-state index in [9.17, 15) is 4.79 Å². The molecule has 1 N–H and O–H groups in total. The van der Waals surface area contributed by atoms with Crippen molar-refractivity contribution in [2.75, 3.05) is 6.61 Å². The largest absolute Gasteiger partial charge is 0.484 e. The van der Waals surface area contributed by atoms with Crippen LogP contribution in [0.4, 0.5) is 0 Å². The lowest BCUT2D eigenvalue weighted by Crippen LogP contribution is -2.25. The van der Waals surface area contributed by atoms with Gasteiger partial charge in [-0.05, 0) is 37.0 Å². The molecule has 0 bridgehead atoms. The molecule has 0 unspecified atom stereocenters. The Kier molecular flexibility index (Phi) is 6.06. The first-order chi connectivity index (χ1) is 9.02. The molecule has 104 valence electrons. The molecule has 0 aliphatic carbocycles. The van der Waals surface area contributed by atoms with Gasteiger partial charge in [0.2, 0.25) is 0 Å². The summed E-state index contributed by atoms with van der Waals surface area (Å²) in [5, 5.41) is 3.93. The van der Waals surface area contributed by atoms with Gasteiger partial charge in [-0.3, -0.25) is 4.79 Å². The molecule has 0 atom stereocenters. The highest BCUT2D eigenvalue weighted by Gasteiger charge is 2.03. The third kappa shape index (κ3) is 5.55. The van der Waals surface area contributed by atoms with Crippen LogP contribution in [-0.2, 0) is 4.79 Å². The SMILES string of the molecule is CCC(C)=NNC(=O)COc1ccc(C(C)C)cc1. The zero-order valence-corrected chi connectivity index (χ0v) is 12.1. The maximum absolute atomic E-state index is 11.5. The van der Waals surface area contributed by atoms with Crippen molar-refractivity contribution in [2.24, 2.45) is 5.10 Å². The molecule has 4 nitrogen and oxygen atoms in total. The summed E-state index contributed by atoms with van der Waals surface area (Å²) < 4.78 is 5.39. The fraction of sp³-hybridized carbons (Fsp3) is 0.467. The molecular formula is C15H22N2O2. The van der Waals surface area contributed by atoms with Gasteiger partial charge in [-0.1, -0.05) is 32.9 Å². The Hall–Kier alpha value is -1.84. The number of carbonyl (C=O) groups is 1. The molecule has 4 heteroatoms. The first kappa shape index (κ1) is 15.2. The van der Waals surface area contributed by atoms with E-state index >= 15 is 0 Å². The Morgan fingerprint density at radius 1 is 1.32 bits per heavy atom. The summed E-state index contributed by atoms with van der Waals surface area (Å²) in [5.74, 6) is 0.931. The second kappa shape index (κ2) is 7.56. The first-order valence-corrected chi connectivity index (χ1v) is 6.57. The van der Waals surface area contributed by atoms with E-state index in [1.54, 1.807) is 0 Å². The number of benzene rings is 1. The highest BCUT2D eigenvalue weighted by Crippen LogP contribution is 2.18. The van der Waals surface area contributed by atoms with E-state index in [0.29, 0.717) is 11.7 Å². The standard InChI is InChI=1S/C15H22N2O2/c1-5-12(4)16-17-15(18)10-19-14-8-6-13(7-9-14)11(2)3/h6-9,11H,5,10H2,1-4H3,(H,17,18). The van der Waals surface area contributed by atoms with Gasteiger partial charge in [0.25, 0.3) is 5.91 Å². The zero-order chi connectivity index (χ0) is 14.3. The summed E-state index contributed by atoms with van der Waals surface area (Å²) in [4.78, 5) is 11.5. The fourth-order valence-electron chi connectivity index (χ4n) is 1.37. The van der Waals surface area contributed by atoms with Gasteiger partial charge >= 0.3 is 0 Å². The Morgan fingerprint density at radius 2 is 1.95 bits per heavy atom. The summed E-state index contributed by atoms with van der Waals surface area (Å²) in [6.07, 6.45) is 0.817. The maximum atomic E-state index is 11.5. The number of ether oxygens (including phenoxy) is 1. The highest BCUT2D eigenvalue weighted by molar-refractivity contribution is 5.84. The van der Waals surface area contributed by atoms with Gasteiger partial charge in [-0.15, -0.1) is 0 Å². The lowest BCUT2D eigenvalue weighted by molar-refractivity contribution is -0.123. The number of hydrogen-bond donors (Lipinski definition) is 1. The minimum absolute atomic E-state index is 0.0263. The Bertz CT molecular complexity index is 436. The van der Waals surface area contributed by atoms with Crippen LogP contribution in [0.2, 0.25) is 0 Å². The first-order valence-electron chi connectivity index (χ1n) is 6.57. The smallest absolute Gasteiger partial charge is 0.277 e. The van der Waals surface area contributed by atoms with Crippen LogP contribution in [0.1, 0.15) is 45.6 Å². The lowest BCUT2D eigenvalue weighted by atomic mass is 10.0. The predicted molar refractivity (Wildman–Crippen MR) is 77.6 cm³/mol. The summed E-state index contributed by atoms with van der Waals surface area (Å²) in [5.41, 5.74) is 4.59. The number of hydrazone groups is 1. The average Bonchev–Trinajstić information content (AvgIpc) is 2.42. The van der Waals surface area contributed by atoms with Crippen molar-refractivity contribution in [2.45, 2.75) is 40.0 Å². The van der Waals surface area contributed by atoms with Crippen molar-refractivity contribution in [3.05, 3.63) is 29.8 Å². The molecule has 0 saturated carbocycles. The van der Waals surface area contributed by atoms with E-state index in [-0.39, 0.29) is 12.5 Å². The van der Waals surface area contributed by atoms with Crippen LogP contribution in [0.3, 0.4) is 0 Å². The molecule has 0 spiro atoms. The Labute approximate surface area is 114 Å². The number of hydrogen-bond acceptors (Lipinski definition) is 3. The minimum Gasteiger partial charge on any atom is -0.484 e. The molecule has 1 aromatic carbocycles. The average molecular weight is 262 g/mol. The van der Waals surface area contributed by atoms with Crippen LogP contribution in [0.15, 0.2) is 29.4 Å². The van der Waals surface area contributed by atoms with Crippen LogP contribution < -0.4 is 10.2 Å². The van der Waals surface area contributed by atoms with Gasteiger partial charge < -0.3 is 4.74 Å². The van der Waals surface area contributed by atoms with Crippen LogP contribution >= 0.6 is 0 Å². The molecule has 1 amide bonds. The van der Waals surface area contributed by atoms with Crippen LogP contribution in [0.25, 0.3) is 0 Å². The summed E-state index contributed by atoms with van der Waals surface area (Å²) in [6, 6.07) is 7.78. The van der Waals surface area contributed by atoms with Crippen molar-refractivity contribution >= 4 is 11.6 Å². The molecule has 0 heterocycles. The molecular weight excluding hydrogens is 240 g/mol. The highest BCUT2D eigenvalue weighted by atomic mass is 16.5. The Morgan fingerprint density at radius 3 is 2.47 bits per heavy atom. The molecule has 0 saturated heterocycles. The van der Waals surface area contributed by atoms with Gasteiger partial charge in [-0.2, -0.15) is 5.10 Å². The molecule has 0 fully saturated rings. The molecule has 1 aromatic rings. The van der Waals surface area contributed by atoms with Crippen molar-refractivity contribution in [3.63, 3.8) is 0 Å². The van der Waals surface area contributed by atoms with E-state index < -0.39 is 0 Å². The molecule has 19 heavy (non-hydrogen) atoms. The molecule has 0 radical (unpaired) electrons. The minimum atomic E-state index is -0.249. The van der Waals surface area contributed by atoms with Crippen LogP contribution in [0, 0.1) is 0 Å². The van der Waals surface area contributed by atoms with E-state index in [1.807, 2.05) is 38.1 Å². The maximum Gasteiger partial charge on any atom is 0.277 e. The fourth-order valence-corrected chi connectivity index (χ4v) is 1.37. The van der Waals surface area contributed by atoms with Crippen LogP contribution in [0.5, 0.6) is 5.75 Å². The van der Waals surface area contributed by atoms with Gasteiger partial charge in [-0.25, -0.2) is 5.43 Å². The van der Waals surface area contributed by atoms with E-state index in [1.165, 1.54) is 5.56 Å². The van der Waals surface area contributed by atoms with E-state index in [2.05, 4.69) is 24.4 Å². The Balaban J connectivity index is 2.42. The molecule has 0 aliphatic rings. The van der Waals surface area contributed by atoms with E-state index in [0.717, 1.165) is 12.1 Å². The third-order valence-corrected chi connectivity index (χ3v) is 2.80. The van der Waals surface area contributed by atoms with Crippen molar-refractivity contribution in [1.82, 2.24) is 5.43 Å². The summed E-state index contributed by atoms with van der Waals surface area (Å²) in [6.45, 7) is 8.10. The zero-order valence-electron chi connectivity index (χ0n) is 12.1. The second-order valence-corrected chi connectivity index (χ2v) is 4.75. The van der Waals surface area contributed by atoms with Crippen molar-refractivity contribution < 1.29 is 9.53 Å². The normalized spacial score (nSPS) is 11.5. The third-order valence-electron chi connectivity index (χ3n) is 2.80. The number of rotatable bonds is 6. The van der Waals surface area contributed by atoms with Crippen molar-refractivity contribution in [3.8, 4) is 5.75 Å². The second-order valence-electron chi connectivity index (χ2n) is 4.75. The number of nitrogens with zero attached hydrogens (tertiary/aromatic N) is 1. The summed E-state index contributed by atoms with van der Waals surface area (Å²) in [7, 11) is 0.